The zero-order chi connectivity index (χ0) is 19.2. The lowest BCUT2D eigenvalue weighted by molar-refractivity contribution is -0.127. The molecule has 0 bridgehead atoms. The number of nitrogens with one attached hydrogen (secondary N) is 1. The highest BCUT2D eigenvalue weighted by atomic mass is 32.2. The summed E-state index contributed by atoms with van der Waals surface area (Å²) in [5, 5.41) is 6.31. The summed E-state index contributed by atoms with van der Waals surface area (Å²) in [7, 11) is 1.73. The molecule has 8 nitrogen and oxygen atoms in total. The zero-order valence-corrected chi connectivity index (χ0v) is 16.0. The summed E-state index contributed by atoms with van der Waals surface area (Å²) in [4.78, 5) is 25.7. The van der Waals surface area contributed by atoms with E-state index in [9.17, 15) is 9.59 Å². The Morgan fingerprint density at radius 3 is 2.70 bits per heavy atom. The van der Waals surface area contributed by atoms with Crippen LogP contribution in [0.5, 0.6) is 11.5 Å². The van der Waals surface area contributed by atoms with Gasteiger partial charge in [-0.05, 0) is 24.6 Å². The molecule has 0 unspecified atom stereocenters. The molecular weight excluding hydrogens is 370 g/mol. The molecule has 9 heteroatoms. The molecule has 144 valence electrons. The van der Waals surface area contributed by atoms with E-state index in [1.165, 1.54) is 11.8 Å². The number of hydrogen-bond acceptors (Lipinski definition) is 7. The smallest absolute Gasteiger partial charge is 0.235 e. The van der Waals surface area contributed by atoms with Crippen molar-refractivity contribution >= 4 is 29.4 Å². The van der Waals surface area contributed by atoms with Crippen LogP contribution in [-0.4, -0.2) is 53.6 Å². The normalized spacial score (nSPS) is 12.5. The van der Waals surface area contributed by atoms with Crippen LogP contribution < -0.4 is 14.8 Å². The van der Waals surface area contributed by atoms with Gasteiger partial charge < -0.3 is 24.2 Å². The fourth-order valence-electron chi connectivity index (χ4n) is 2.49. The molecule has 0 aliphatic carbocycles. The van der Waals surface area contributed by atoms with E-state index < -0.39 is 0 Å². The van der Waals surface area contributed by atoms with Crippen molar-refractivity contribution in [2.45, 2.75) is 13.5 Å². The van der Waals surface area contributed by atoms with Crippen molar-refractivity contribution < 1.29 is 23.6 Å². The highest BCUT2D eigenvalue weighted by Crippen LogP contribution is 2.31. The van der Waals surface area contributed by atoms with Crippen molar-refractivity contribution in [3.63, 3.8) is 0 Å². The summed E-state index contributed by atoms with van der Waals surface area (Å²) in [5.41, 5.74) is 0.958. The number of ether oxygens (including phenoxy) is 2. The minimum Gasteiger partial charge on any atom is -0.486 e. The van der Waals surface area contributed by atoms with E-state index in [0.29, 0.717) is 37.1 Å². The van der Waals surface area contributed by atoms with Gasteiger partial charge in [0.15, 0.2) is 17.3 Å². The van der Waals surface area contributed by atoms with Gasteiger partial charge in [0.2, 0.25) is 11.8 Å². The fourth-order valence-corrected chi connectivity index (χ4v) is 3.25. The van der Waals surface area contributed by atoms with Crippen LogP contribution in [0.4, 0.5) is 5.82 Å². The SMILES string of the molecule is Cc1cc(NC(=O)CSCC(=O)N(C)Cc2ccc3c(c2)OCCO3)no1. The number of amides is 2. The van der Waals surface area contributed by atoms with Gasteiger partial charge in [-0.2, -0.15) is 0 Å². The van der Waals surface area contributed by atoms with Crippen molar-refractivity contribution in [1.82, 2.24) is 10.1 Å². The number of aryl methyl sites for hydroxylation is 1. The molecule has 3 rings (SSSR count). The summed E-state index contributed by atoms with van der Waals surface area (Å²) >= 11 is 1.25. The van der Waals surface area contributed by atoms with Crippen LogP contribution in [0.2, 0.25) is 0 Å². The van der Waals surface area contributed by atoms with Crippen LogP contribution in [0.15, 0.2) is 28.8 Å². The third-order valence-electron chi connectivity index (χ3n) is 3.81. The summed E-state index contributed by atoms with van der Waals surface area (Å²) in [6.45, 7) is 3.28. The van der Waals surface area contributed by atoms with Crippen molar-refractivity contribution in [3.8, 4) is 11.5 Å². The fraction of sp³-hybridized carbons (Fsp3) is 0.389. The molecular formula is C18H21N3O5S. The first kappa shape index (κ1) is 19.1. The number of benzene rings is 1. The van der Waals surface area contributed by atoms with E-state index in [0.717, 1.165) is 11.3 Å². The molecule has 1 aromatic heterocycles. The van der Waals surface area contributed by atoms with Crippen LogP contribution >= 0.6 is 11.8 Å². The molecule has 0 saturated heterocycles. The molecule has 0 radical (unpaired) electrons. The molecule has 2 aromatic rings. The maximum atomic E-state index is 12.3. The topological polar surface area (TPSA) is 93.9 Å². The second-order valence-electron chi connectivity index (χ2n) is 6.09. The Balaban J connectivity index is 1.42. The van der Waals surface area contributed by atoms with E-state index in [-0.39, 0.29) is 23.3 Å². The maximum absolute atomic E-state index is 12.3. The number of nitrogens with zero attached hydrogens (tertiary/aromatic N) is 2. The Labute approximate surface area is 161 Å². The van der Waals surface area contributed by atoms with Crippen molar-refractivity contribution in [3.05, 3.63) is 35.6 Å². The van der Waals surface area contributed by atoms with Gasteiger partial charge in [-0.1, -0.05) is 11.2 Å². The van der Waals surface area contributed by atoms with Crippen LogP contribution in [-0.2, 0) is 16.1 Å². The van der Waals surface area contributed by atoms with Crippen LogP contribution in [0, 0.1) is 6.92 Å². The third-order valence-corrected chi connectivity index (χ3v) is 4.72. The Hall–Kier alpha value is -2.68. The van der Waals surface area contributed by atoms with E-state index in [1.54, 1.807) is 24.9 Å². The summed E-state index contributed by atoms with van der Waals surface area (Å²) in [6, 6.07) is 7.29. The molecule has 2 amide bonds. The van der Waals surface area contributed by atoms with E-state index in [2.05, 4.69) is 10.5 Å². The molecule has 1 N–H and O–H groups in total. The molecule has 1 aliphatic heterocycles. The highest BCUT2D eigenvalue weighted by Gasteiger charge is 2.15. The van der Waals surface area contributed by atoms with Crippen molar-refractivity contribution in [2.75, 3.05) is 37.1 Å². The number of aromatic nitrogens is 1. The molecule has 2 heterocycles. The van der Waals surface area contributed by atoms with Gasteiger partial charge >= 0.3 is 0 Å². The Morgan fingerprint density at radius 2 is 1.96 bits per heavy atom. The minimum absolute atomic E-state index is 0.0556. The zero-order valence-electron chi connectivity index (χ0n) is 15.2. The van der Waals surface area contributed by atoms with Gasteiger partial charge in [-0.25, -0.2) is 0 Å². The Kier molecular flexibility index (Phi) is 6.23. The second kappa shape index (κ2) is 8.81. The average Bonchev–Trinajstić information content (AvgIpc) is 3.06. The lowest BCUT2D eigenvalue weighted by Crippen LogP contribution is -2.28. The standard InChI is InChI=1S/C18H21N3O5S/c1-12-7-16(20-26-12)19-17(22)10-27-11-18(23)21(2)9-13-3-4-14-15(8-13)25-6-5-24-14/h3-4,7-8H,5-6,9-11H2,1-2H3,(H,19,20,22). The molecule has 27 heavy (non-hydrogen) atoms. The van der Waals surface area contributed by atoms with Crippen molar-refractivity contribution in [1.29, 1.82) is 0 Å². The van der Waals surface area contributed by atoms with Gasteiger partial charge in [-0.15, -0.1) is 11.8 Å². The first-order chi connectivity index (χ1) is 13.0. The molecule has 1 aromatic carbocycles. The summed E-state index contributed by atoms with van der Waals surface area (Å²) in [6.07, 6.45) is 0. The van der Waals surface area contributed by atoms with Crippen molar-refractivity contribution in [2.24, 2.45) is 0 Å². The minimum atomic E-state index is -0.226. The van der Waals surface area contributed by atoms with E-state index in [4.69, 9.17) is 14.0 Å². The second-order valence-corrected chi connectivity index (χ2v) is 7.08. The molecule has 0 saturated carbocycles. The lowest BCUT2D eigenvalue weighted by atomic mass is 10.2. The van der Waals surface area contributed by atoms with Crippen LogP contribution in [0.1, 0.15) is 11.3 Å². The van der Waals surface area contributed by atoms with Gasteiger partial charge in [-0.3, -0.25) is 9.59 Å². The number of carbonyl (C=O) groups excluding carboxylic acids is 2. The maximum Gasteiger partial charge on any atom is 0.235 e. The van der Waals surface area contributed by atoms with E-state index in [1.807, 2.05) is 18.2 Å². The van der Waals surface area contributed by atoms with E-state index >= 15 is 0 Å². The Morgan fingerprint density at radius 1 is 1.19 bits per heavy atom. The molecule has 1 aliphatic rings. The number of fused-ring (bicyclic) bond motifs is 1. The van der Waals surface area contributed by atoms with Gasteiger partial charge in [0.05, 0.1) is 11.5 Å². The number of anilines is 1. The summed E-state index contributed by atoms with van der Waals surface area (Å²) < 4.78 is 15.9. The number of rotatable bonds is 7. The lowest BCUT2D eigenvalue weighted by Gasteiger charge is -2.21. The number of thioether (sulfide) groups is 1. The quantitative estimate of drug-likeness (QED) is 0.772. The predicted octanol–water partition coefficient (Wildman–Crippen LogP) is 2.08. The highest BCUT2D eigenvalue weighted by molar-refractivity contribution is 8.00. The third kappa shape index (κ3) is 5.40. The predicted molar refractivity (Wildman–Crippen MR) is 101 cm³/mol. The molecule has 0 spiro atoms. The average molecular weight is 391 g/mol. The largest absolute Gasteiger partial charge is 0.486 e. The first-order valence-electron chi connectivity index (χ1n) is 8.44. The number of carbonyl (C=O) groups is 2. The van der Waals surface area contributed by atoms with Gasteiger partial charge in [0.25, 0.3) is 0 Å². The monoisotopic (exact) mass is 391 g/mol. The van der Waals surface area contributed by atoms with Gasteiger partial charge in [0, 0.05) is 19.7 Å². The van der Waals surface area contributed by atoms with Crippen LogP contribution in [0.25, 0.3) is 0 Å². The van der Waals surface area contributed by atoms with Crippen LogP contribution in [0.3, 0.4) is 0 Å². The molecule has 0 atom stereocenters. The molecule has 0 fully saturated rings. The van der Waals surface area contributed by atoms with Gasteiger partial charge in [0.1, 0.15) is 19.0 Å². The number of hydrogen-bond donors (Lipinski definition) is 1. The Bertz CT molecular complexity index is 823. The summed E-state index contributed by atoms with van der Waals surface area (Å²) in [5.74, 6) is 2.52. The first-order valence-corrected chi connectivity index (χ1v) is 9.60.